The number of nitrogens with zero attached hydrogens (tertiary/aromatic N) is 2. The van der Waals surface area contributed by atoms with Crippen LogP contribution in [0.25, 0.3) is 0 Å². The number of ether oxygens (including phenoxy) is 3. The van der Waals surface area contributed by atoms with Gasteiger partial charge in [0.1, 0.15) is 12.6 Å². The van der Waals surface area contributed by atoms with Crippen molar-refractivity contribution in [2.75, 3.05) is 26.9 Å². The number of rotatable bonds is 5. The van der Waals surface area contributed by atoms with E-state index in [9.17, 15) is 0 Å². The summed E-state index contributed by atoms with van der Waals surface area (Å²) in [6, 6.07) is 10.1. The molecule has 0 N–H and O–H groups in total. The number of methoxy groups -OCH3 is 1. The van der Waals surface area contributed by atoms with Crippen LogP contribution in [0.2, 0.25) is 0 Å². The Labute approximate surface area is 143 Å². The molecule has 0 amide bonds. The summed E-state index contributed by atoms with van der Waals surface area (Å²) in [4.78, 5) is 8.44. The Hall–Kier alpha value is -2.40. The first-order valence-corrected chi connectivity index (χ1v) is 7.89. The molecular formula is C19H24N2O3. The van der Waals surface area contributed by atoms with E-state index in [2.05, 4.69) is 23.1 Å². The van der Waals surface area contributed by atoms with Crippen LogP contribution in [0.5, 0.6) is 0 Å². The lowest BCUT2D eigenvalue weighted by Crippen LogP contribution is -2.19. The van der Waals surface area contributed by atoms with E-state index in [0.717, 1.165) is 30.2 Å². The Bertz CT molecular complexity index is 623. The Kier molecular flexibility index (Phi) is 6.75. The Morgan fingerprint density at radius 3 is 2.62 bits per heavy atom. The van der Waals surface area contributed by atoms with Gasteiger partial charge in [-0.25, -0.2) is 9.98 Å². The van der Waals surface area contributed by atoms with Crippen LogP contribution in [0, 0.1) is 0 Å². The zero-order valence-electron chi connectivity index (χ0n) is 14.3. The van der Waals surface area contributed by atoms with Gasteiger partial charge in [-0.1, -0.05) is 43.5 Å². The second-order valence-corrected chi connectivity index (χ2v) is 5.46. The first-order valence-electron chi connectivity index (χ1n) is 7.89. The van der Waals surface area contributed by atoms with Gasteiger partial charge in [0.2, 0.25) is 11.8 Å². The molecule has 0 bridgehead atoms. The molecule has 0 saturated carbocycles. The Morgan fingerprint density at radius 1 is 1.38 bits per heavy atom. The van der Waals surface area contributed by atoms with E-state index in [0.29, 0.717) is 12.5 Å². The van der Waals surface area contributed by atoms with Gasteiger partial charge in [0.15, 0.2) is 6.10 Å². The van der Waals surface area contributed by atoms with Crippen LogP contribution in [0.3, 0.4) is 0 Å². The molecule has 5 nitrogen and oxygen atoms in total. The molecule has 2 heterocycles. The smallest absolute Gasteiger partial charge is 0.211 e. The normalized spacial score (nSPS) is 21.6. The van der Waals surface area contributed by atoms with Crippen LogP contribution in [-0.2, 0) is 14.2 Å². The van der Waals surface area contributed by atoms with Crippen molar-refractivity contribution in [2.45, 2.75) is 19.1 Å². The molecule has 3 rings (SSSR count). The maximum absolute atomic E-state index is 5.71. The van der Waals surface area contributed by atoms with Crippen molar-refractivity contribution in [3.63, 3.8) is 0 Å². The number of benzene rings is 1. The summed E-state index contributed by atoms with van der Waals surface area (Å²) in [6.45, 7) is 11.3. The van der Waals surface area contributed by atoms with Gasteiger partial charge in [-0.05, 0) is 18.6 Å². The van der Waals surface area contributed by atoms with Crippen molar-refractivity contribution in [1.29, 1.82) is 0 Å². The summed E-state index contributed by atoms with van der Waals surface area (Å²) in [6.07, 6.45) is 1.57. The highest BCUT2D eigenvalue weighted by molar-refractivity contribution is 5.93. The van der Waals surface area contributed by atoms with Gasteiger partial charge < -0.3 is 14.2 Å². The van der Waals surface area contributed by atoms with Gasteiger partial charge in [0, 0.05) is 12.7 Å². The zero-order valence-corrected chi connectivity index (χ0v) is 14.3. The molecule has 24 heavy (non-hydrogen) atoms. The number of hydrogen-bond acceptors (Lipinski definition) is 5. The molecular weight excluding hydrogens is 304 g/mol. The fourth-order valence-corrected chi connectivity index (χ4v) is 2.39. The molecule has 2 aliphatic heterocycles. The molecule has 0 radical (unpaired) electrons. The van der Waals surface area contributed by atoms with E-state index in [1.165, 1.54) is 0 Å². The van der Waals surface area contributed by atoms with Crippen molar-refractivity contribution in [3.05, 3.63) is 60.7 Å². The highest BCUT2D eigenvalue weighted by atomic mass is 16.5. The maximum atomic E-state index is 5.71. The highest BCUT2D eigenvalue weighted by Crippen LogP contribution is 2.29. The average molecular weight is 328 g/mol. The van der Waals surface area contributed by atoms with Crippen LogP contribution >= 0.6 is 0 Å². The van der Waals surface area contributed by atoms with E-state index < -0.39 is 0 Å². The molecule has 2 aliphatic rings. The van der Waals surface area contributed by atoms with Gasteiger partial charge in [-0.15, -0.1) is 0 Å². The summed E-state index contributed by atoms with van der Waals surface area (Å²) >= 11 is 0. The number of hydrogen-bond donors (Lipinski definition) is 0. The summed E-state index contributed by atoms with van der Waals surface area (Å²) in [7, 11) is 1.67. The van der Waals surface area contributed by atoms with Crippen molar-refractivity contribution < 1.29 is 14.2 Å². The lowest BCUT2D eigenvalue weighted by Gasteiger charge is -2.16. The Morgan fingerprint density at radius 2 is 2.12 bits per heavy atom. The average Bonchev–Trinajstić information content (AvgIpc) is 3.26. The zero-order chi connectivity index (χ0) is 17.4. The monoisotopic (exact) mass is 328 g/mol. The standard InChI is InChI=1S/C13H15NO2.C6H9NO/c1-3-12-14-11(9-15-2)13(16-12)10-7-5-4-6-8-10;1-5(2)6-7-3-4-8-6/h3-8,11,13H,1,9H2,2H3;1,3-4H2,2H3. The van der Waals surface area contributed by atoms with E-state index in [4.69, 9.17) is 14.2 Å². The second-order valence-electron chi connectivity index (χ2n) is 5.46. The van der Waals surface area contributed by atoms with Crippen molar-refractivity contribution in [2.24, 2.45) is 9.98 Å². The molecule has 0 saturated heterocycles. The highest BCUT2D eigenvalue weighted by Gasteiger charge is 2.30. The lowest BCUT2D eigenvalue weighted by molar-refractivity contribution is 0.120. The van der Waals surface area contributed by atoms with Crippen molar-refractivity contribution in [3.8, 4) is 0 Å². The summed E-state index contributed by atoms with van der Waals surface area (Å²) in [5.41, 5.74) is 2.03. The summed E-state index contributed by atoms with van der Waals surface area (Å²) < 4.78 is 15.9. The fraction of sp³-hybridized carbons (Fsp3) is 0.368. The minimum Gasteiger partial charge on any atom is -0.476 e. The van der Waals surface area contributed by atoms with Gasteiger partial charge in [-0.2, -0.15) is 0 Å². The lowest BCUT2D eigenvalue weighted by atomic mass is 10.0. The molecule has 5 heteroatoms. The van der Waals surface area contributed by atoms with Gasteiger partial charge >= 0.3 is 0 Å². The van der Waals surface area contributed by atoms with Crippen LogP contribution in [0.15, 0.2) is 65.1 Å². The molecule has 1 aromatic carbocycles. The second kappa shape index (κ2) is 9.03. The third-order valence-corrected chi connectivity index (χ3v) is 3.48. The van der Waals surface area contributed by atoms with E-state index in [1.54, 1.807) is 13.2 Å². The summed E-state index contributed by atoms with van der Waals surface area (Å²) in [5, 5.41) is 0. The molecule has 0 aliphatic carbocycles. The molecule has 0 aromatic heterocycles. The summed E-state index contributed by atoms with van der Waals surface area (Å²) in [5.74, 6) is 1.32. The van der Waals surface area contributed by atoms with Crippen LogP contribution in [-0.4, -0.2) is 44.7 Å². The molecule has 128 valence electrons. The maximum Gasteiger partial charge on any atom is 0.211 e. The van der Waals surface area contributed by atoms with Gasteiger partial charge in [-0.3, -0.25) is 0 Å². The fourth-order valence-electron chi connectivity index (χ4n) is 2.39. The molecule has 0 spiro atoms. The van der Waals surface area contributed by atoms with E-state index >= 15 is 0 Å². The molecule has 2 unspecified atom stereocenters. The SMILES string of the molecule is C=C(C)C1=NCCO1.C=CC1=NC(COC)C(c2ccccc2)O1. The van der Waals surface area contributed by atoms with Gasteiger partial charge in [0.05, 0.1) is 13.2 Å². The third-order valence-electron chi connectivity index (χ3n) is 3.48. The predicted octanol–water partition coefficient (Wildman–Crippen LogP) is 3.35. The van der Waals surface area contributed by atoms with Crippen LogP contribution in [0.4, 0.5) is 0 Å². The van der Waals surface area contributed by atoms with Crippen molar-refractivity contribution in [1.82, 2.24) is 0 Å². The van der Waals surface area contributed by atoms with Gasteiger partial charge in [0.25, 0.3) is 0 Å². The van der Waals surface area contributed by atoms with Crippen LogP contribution < -0.4 is 0 Å². The molecule has 1 aromatic rings. The first-order chi connectivity index (χ1) is 11.7. The van der Waals surface area contributed by atoms with E-state index in [-0.39, 0.29) is 12.1 Å². The first kappa shape index (κ1) is 17.9. The van der Waals surface area contributed by atoms with E-state index in [1.807, 2.05) is 37.3 Å². The Balaban J connectivity index is 0.000000219. The van der Waals surface area contributed by atoms with Crippen molar-refractivity contribution >= 4 is 11.8 Å². The minimum atomic E-state index is -0.0610. The van der Waals surface area contributed by atoms with Crippen LogP contribution in [0.1, 0.15) is 18.6 Å². The largest absolute Gasteiger partial charge is 0.476 e. The minimum absolute atomic E-state index is 0.0143. The predicted molar refractivity (Wildman–Crippen MR) is 96.6 cm³/mol. The number of aliphatic imine (C=N–C) groups is 2. The quantitative estimate of drug-likeness (QED) is 0.833. The molecule has 0 fully saturated rings. The third kappa shape index (κ3) is 4.80. The topological polar surface area (TPSA) is 52.4 Å². The molecule has 2 atom stereocenters.